The van der Waals surface area contributed by atoms with Crippen molar-refractivity contribution in [3.8, 4) is 0 Å². The molecule has 0 aliphatic heterocycles. The first-order valence-electron chi connectivity index (χ1n) is 20.8. The van der Waals surface area contributed by atoms with Crippen LogP contribution < -0.4 is 5.32 Å². The Morgan fingerprint density at radius 3 is 1.45 bits per heavy atom. The number of rotatable bonds is 37. The lowest BCUT2D eigenvalue weighted by Crippen LogP contribution is -2.44. The Labute approximate surface area is 315 Å². The Morgan fingerprint density at radius 1 is 0.647 bits per heavy atom. The van der Waals surface area contributed by atoms with E-state index in [0.29, 0.717) is 11.0 Å². The molecule has 0 aromatic rings. The molecule has 0 aromatic carbocycles. The summed E-state index contributed by atoms with van der Waals surface area (Å²) < 4.78 is 22.8. The zero-order valence-electron chi connectivity index (χ0n) is 33.8. The number of carbonyl (C=O) groups is 1. The molecule has 0 bridgehead atoms. The van der Waals surface area contributed by atoms with Gasteiger partial charge < -0.3 is 19.8 Å². The van der Waals surface area contributed by atoms with Crippen LogP contribution >= 0.6 is 7.82 Å². The third kappa shape index (κ3) is 38.3. The summed E-state index contributed by atoms with van der Waals surface area (Å²) in [6, 6.07) is -0.868. The van der Waals surface area contributed by atoms with E-state index in [1.165, 1.54) is 142 Å². The minimum atomic E-state index is -4.30. The van der Waals surface area contributed by atoms with Crippen LogP contribution in [0, 0.1) is 0 Å². The summed E-state index contributed by atoms with van der Waals surface area (Å²) in [6.07, 6.45) is 44.5. The molecule has 51 heavy (non-hydrogen) atoms. The molecule has 8 nitrogen and oxygen atoms in total. The predicted molar refractivity (Wildman–Crippen MR) is 217 cm³/mol. The lowest BCUT2D eigenvalue weighted by atomic mass is 10.0. The number of aliphatic hydroxyl groups excluding tert-OH is 1. The Kier molecular flexibility index (Phi) is 33.6. The first-order chi connectivity index (χ1) is 24.5. The predicted octanol–water partition coefficient (Wildman–Crippen LogP) is 11.1. The van der Waals surface area contributed by atoms with Gasteiger partial charge in [0.2, 0.25) is 5.91 Å². The van der Waals surface area contributed by atoms with Gasteiger partial charge in [-0.3, -0.25) is 13.8 Å². The molecule has 0 heterocycles. The number of phosphoric ester groups is 1. The maximum atomic E-state index is 12.2. The van der Waals surface area contributed by atoms with Crippen LogP contribution in [-0.2, 0) is 18.4 Å². The molecular weight excluding hydrogens is 659 g/mol. The van der Waals surface area contributed by atoms with Crippen molar-refractivity contribution < 1.29 is 32.9 Å². The Balaban J connectivity index is 3.73. The SMILES string of the molecule is CCCCCCCCCCCCCCCCCCCCCC/C=C/CC/C=C/CC/C=C/C(O)C(COP(=O)(O)OCC[N+](C)(C)C)NC(C)=O. The highest BCUT2D eigenvalue weighted by Crippen LogP contribution is 2.43. The first kappa shape index (κ1) is 49.7. The van der Waals surface area contributed by atoms with E-state index in [0.717, 1.165) is 25.7 Å². The molecule has 0 aliphatic carbocycles. The van der Waals surface area contributed by atoms with E-state index < -0.39 is 20.0 Å². The van der Waals surface area contributed by atoms with Crippen LogP contribution in [0.25, 0.3) is 0 Å². The minimum absolute atomic E-state index is 0.0496. The number of amides is 1. The van der Waals surface area contributed by atoms with Gasteiger partial charge in [-0.2, -0.15) is 0 Å². The standard InChI is InChI=1S/C42H81N2O6P/c1-6-7-8-9-10-11-12-13-14-15-16-17-18-19-20-21-22-23-24-25-26-27-28-29-30-31-32-33-34-35-36-42(46)41(43-40(2)45)39-50-51(47,48)49-38-37-44(3,4)5/h27-28,31-32,35-36,41-42,46H,6-26,29-30,33-34,37-39H2,1-5H3,(H-,43,45,47,48)/p+1/b28-27+,32-31+,36-35+. The monoisotopic (exact) mass is 742 g/mol. The van der Waals surface area contributed by atoms with Gasteiger partial charge in [0.1, 0.15) is 13.2 Å². The number of aliphatic hydroxyl groups is 1. The van der Waals surface area contributed by atoms with Crippen LogP contribution in [0.1, 0.15) is 174 Å². The van der Waals surface area contributed by atoms with Gasteiger partial charge >= 0.3 is 7.82 Å². The van der Waals surface area contributed by atoms with Crippen molar-refractivity contribution in [3.63, 3.8) is 0 Å². The maximum Gasteiger partial charge on any atom is 0.472 e. The number of hydrogen-bond acceptors (Lipinski definition) is 5. The summed E-state index contributed by atoms with van der Waals surface area (Å²) in [7, 11) is 1.53. The normalized spacial score (nSPS) is 14.9. The molecule has 0 spiro atoms. The highest BCUT2D eigenvalue weighted by molar-refractivity contribution is 7.47. The molecule has 300 valence electrons. The first-order valence-corrected chi connectivity index (χ1v) is 22.3. The molecule has 0 saturated carbocycles. The van der Waals surface area contributed by atoms with Crippen LogP contribution in [0.3, 0.4) is 0 Å². The van der Waals surface area contributed by atoms with Crippen molar-refractivity contribution in [2.45, 2.75) is 187 Å². The van der Waals surface area contributed by atoms with E-state index in [2.05, 4.69) is 36.5 Å². The van der Waals surface area contributed by atoms with Crippen molar-refractivity contribution in [3.05, 3.63) is 36.5 Å². The molecule has 0 aromatic heterocycles. The van der Waals surface area contributed by atoms with Crippen LogP contribution in [0.5, 0.6) is 0 Å². The molecule has 1 amide bonds. The number of allylic oxidation sites excluding steroid dienone is 5. The summed E-state index contributed by atoms with van der Waals surface area (Å²) in [5.74, 6) is -0.368. The number of hydrogen-bond donors (Lipinski definition) is 3. The van der Waals surface area contributed by atoms with Gasteiger partial charge in [-0.05, 0) is 38.5 Å². The van der Waals surface area contributed by atoms with Crippen molar-refractivity contribution >= 4 is 13.7 Å². The van der Waals surface area contributed by atoms with Crippen LogP contribution in [0.4, 0.5) is 0 Å². The van der Waals surface area contributed by atoms with Gasteiger partial charge in [-0.1, -0.05) is 165 Å². The zero-order valence-corrected chi connectivity index (χ0v) is 34.7. The molecule has 9 heteroatoms. The Morgan fingerprint density at radius 2 is 1.04 bits per heavy atom. The molecule has 0 radical (unpaired) electrons. The Bertz CT molecular complexity index is 933. The summed E-state index contributed by atoms with van der Waals surface area (Å²) in [6.45, 7) is 3.84. The van der Waals surface area contributed by atoms with Crippen molar-refractivity contribution in [1.82, 2.24) is 5.32 Å². The van der Waals surface area contributed by atoms with Crippen molar-refractivity contribution in [1.29, 1.82) is 0 Å². The number of carbonyl (C=O) groups excluding carboxylic acids is 1. The summed E-state index contributed by atoms with van der Waals surface area (Å²) in [4.78, 5) is 21.5. The van der Waals surface area contributed by atoms with E-state index in [-0.39, 0.29) is 19.1 Å². The molecule has 0 aliphatic rings. The highest BCUT2D eigenvalue weighted by atomic mass is 31.2. The average molecular weight is 742 g/mol. The molecule has 3 atom stereocenters. The number of phosphoric acid groups is 1. The maximum absolute atomic E-state index is 12.2. The van der Waals surface area contributed by atoms with Gasteiger partial charge in [0.05, 0.1) is 39.9 Å². The van der Waals surface area contributed by atoms with E-state index in [1.54, 1.807) is 6.08 Å². The average Bonchev–Trinajstić information content (AvgIpc) is 3.06. The number of unbranched alkanes of at least 4 members (excludes halogenated alkanes) is 22. The van der Waals surface area contributed by atoms with Gasteiger partial charge in [0.25, 0.3) is 0 Å². The number of nitrogens with zero attached hydrogens (tertiary/aromatic N) is 1. The molecule has 0 saturated heterocycles. The third-order valence-corrected chi connectivity index (χ3v) is 10.1. The number of quaternary nitrogens is 1. The van der Waals surface area contributed by atoms with E-state index in [4.69, 9.17) is 9.05 Å². The van der Waals surface area contributed by atoms with Crippen LogP contribution in [-0.4, -0.2) is 73.4 Å². The highest BCUT2D eigenvalue weighted by Gasteiger charge is 2.27. The fourth-order valence-corrected chi connectivity index (χ4v) is 6.61. The van der Waals surface area contributed by atoms with E-state index in [1.807, 2.05) is 27.2 Å². The topological polar surface area (TPSA) is 105 Å². The fourth-order valence-electron chi connectivity index (χ4n) is 5.87. The summed E-state index contributed by atoms with van der Waals surface area (Å²) in [5, 5.41) is 13.1. The molecule has 3 N–H and O–H groups in total. The lowest BCUT2D eigenvalue weighted by molar-refractivity contribution is -0.870. The largest absolute Gasteiger partial charge is 0.472 e. The van der Waals surface area contributed by atoms with E-state index in [9.17, 15) is 19.4 Å². The second kappa shape index (κ2) is 34.5. The second-order valence-electron chi connectivity index (χ2n) is 15.4. The summed E-state index contributed by atoms with van der Waals surface area (Å²) >= 11 is 0. The zero-order chi connectivity index (χ0) is 37.9. The number of likely N-dealkylation sites (N-methyl/N-ethyl adjacent to an activating group) is 1. The smallest absolute Gasteiger partial charge is 0.387 e. The van der Waals surface area contributed by atoms with E-state index >= 15 is 0 Å². The van der Waals surface area contributed by atoms with Crippen molar-refractivity contribution in [2.24, 2.45) is 0 Å². The van der Waals surface area contributed by atoms with Gasteiger partial charge in [0, 0.05) is 6.92 Å². The molecule has 0 fully saturated rings. The molecular formula is C42H82N2O6P+. The second-order valence-corrected chi connectivity index (χ2v) is 16.9. The quantitative estimate of drug-likeness (QED) is 0.0253. The third-order valence-electron chi connectivity index (χ3n) is 9.13. The minimum Gasteiger partial charge on any atom is -0.387 e. The fraction of sp³-hybridized carbons (Fsp3) is 0.833. The van der Waals surface area contributed by atoms with Gasteiger partial charge in [0.15, 0.2) is 0 Å². The lowest BCUT2D eigenvalue weighted by Gasteiger charge is -2.25. The van der Waals surface area contributed by atoms with Crippen LogP contribution in [0.15, 0.2) is 36.5 Å². The van der Waals surface area contributed by atoms with Crippen molar-refractivity contribution in [2.75, 3.05) is 40.9 Å². The van der Waals surface area contributed by atoms with Gasteiger partial charge in [-0.15, -0.1) is 0 Å². The summed E-state index contributed by atoms with van der Waals surface area (Å²) in [5.41, 5.74) is 0. The van der Waals surface area contributed by atoms with Crippen LogP contribution in [0.2, 0.25) is 0 Å². The number of nitrogens with one attached hydrogen (secondary N) is 1. The Hall–Kier alpha value is -1.28. The molecule has 3 unspecified atom stereocenters. The van der Waals surface area contributed by atoms with Gasteiger partial charge in [-0.25, -0.2) is 4.57 Å². The molecule has 0 rings (SSSR count).